The molecule has 0 aliphatic rings. The largest absolute Gasteiger partial charge is 0.496 e. The van der Waals surface area contributed by atoms with Crippen molar-refractivity contribution < 1.29 is 28.5 Å². The number of aryl methyl sites for hydroxylation is 1. The second-order valence-electron chi connectivity index (χ2n) is 6.10. The number of benzene rings is 2. The average Bonchev–Trinajstić information content (AvgIpc) is 2.73. The number of halogens is 2. The van der Waals surface area contributed by atoms with E-state index in [1.54, 1.807) is 27.2 Å². The van der Waals surface area contributed by atoms with Crippen LogP contribution < -0.4 is 19.5 Å². The average molecular weight is 501 g/mol. The second-order valence-corrected chi connectivity index (χ2v) is 7.36. The lowest BCUT2D eigenvalue weighted by Crippen LogP contribution is -2.14. The molecular weight excluding hydrogens is 478 g/mol. The first-order chi connectivity index (χ1) is 14.3. The summed E-state index contributed by atoms with van der Waals surface area (Å²) < 4.78 is 21.6. The van der Waals surface area contributed by atoms with Crippen LogP contribution in [0.5, 0.6) is 17.2 Å². The topological polar surface area (TPSA) is 83.1 Å². The van der Waals surface area contributed by atoms with Crippen molar-refractivity contribution >= 4 is 45.1 Å². The molecule has 1 amide bonds. The number of rotatable bonds is 9. The van der Waals surface area contributed by atoms with E-state index >= 15 is 0 Å². The van der Waals surface area contributed by atoms with Crippen LogP contribution in [0, 0.1) is 0 Å². The maximum absolute atomic E-state index is 12.5. The smallest absolute Gasteiger partial charge is 0.341 e. The number of hydrogen-bond acceptors (Lipinski definition) is 6. The quantitative estimate of drug-likeness (QED) is 0.494. The van der Waals surface area contributed by atoms with Gasteiger partial charge in [0, 0.05) is 17.0 Å². The molecule has 0 radical (unpaired) electrons. The van der Waals surface area contributed by atoms with Gasteiger partial charge in [0.25, 0.3) is 0 Å². The Morgan fingerprint density at radius 1 is 1.00 bits per heavy atom. The molecule has 0 atom stereocenters. The first kappa shape index (κ1) is 23.8. The Kier molecular flexibility index (Phi) is 8.80. The molecule has 30 heavy (non-hydrogen) atoms. The van der Waals surface area contributed by atoms with E-state index in [0.717, 1.165) is 10.0 Å². The molecule has 0 spiro atoms. The highest BCUT2D eigenvalue weighted by atomic mass is 79.9. The highest BCUT2D eigenvalue weighted by Crippen LogP contribution is 2.34. The SMILES string of the molecule is CCOC(=O)c1cc(Cl)c(NC(=O)CCc2cc(OC)c(OC)cc2Br)cc1OC. The third-order valence-electron chi connectivity index (χ3n) is 4.23. The Morgan fingerprint density at radius 2 is 1.63 bits per heavy atom. The fourth-order valence-electron chi connectivity index (χ4n) is 2.74. The Labute approximate surface area is 188 Å². The predicted molar refractivity (Wildman–Crippen MR) is 118 cm³/mol. The van der Waals surface area contributed by atoms with Crippen LogP contribution in [0.4, 0.5) is 5.69 Å². The number of hydrogen-bond donors (Lipinski definition) is 1. The van der Waals surface area contributed by atoms with Crippen LogP contribution in [0.1, 0.15) is 29.3 Å². The van der Waals surface area contributed by atoms with Crippen molar-refractivity contribution in [3.05, 3.63) is 44.9 Å². The monoisotopic (exact) mass is 499 g/mol. The van der Waals surface area contributed by atoms with Gasteiger partial charge in [-0.15, -0.1) is 0 Å². The zero-order valence-corrected chi connectivity index (χ0v) is 19.5. The van der Waals surface area contributed by atoms with E-state index in [9.17, 15) is 9.59 Å². The lowest BCUT2D eigenvalue weighted by Gasteiger charge is -2.14. The van der Waals surface area contributed by atoms with Gasteiger partial charge in [-0.1, -0.05) is 27.5 Å². The minimum absolute atomic E-state index is 0.191. The molecule has 2 rings (SSSR count). The van der Waals surface area contributed by atoms with Crippen molar-refractivity contribution in [2.45, 2.75) is 19.8 Å². The van der Waals surface area contributed by atoms with Gasteiger partial charge < -0.3 is 24.3 Å². The summed E-state index contributed by atoms with van der Waals surface area (Å²) in [7, 11) is 4.53. The Morgan fingerprint density at radius 3 is 2.23 bits per heavy atom. The number of carbonyl (C=O) groups excluding carboxylic acids is 2. The molecule has 0 bridgehead atoms. The minimum atomic E-state index is -0.549. The number of nitrogens with one attached hydrogen (secondary N) is 1. The first-order valence-electron chi connectivity index (χ1n) is 9.09. The zero-order chi connectivity index (χ0) is 22.3. The summed E-state index contributed by atoms with van der Waals surface area (Å²) in [5.41, 5.74) is 1.43. The standard InChI is InChI=1S/C21H23BrClNO6/c1-5-30-21(26)13-9-15(23)16(11-17(13)27-2)24-20(25)7-6-12-8-18(28-3)19(29-4)10-14(12)22/h8-11H,5-7H2,1-4H3,(H,24,25). The van der Waals surface area contributed by atoms with Crippen molar-refractivity contribution in [2.75, 3.05) is 33.3 Å². The predicted octanol–water partition coefficient (Wildman–Crippen LogP) is 4.88. The maximum Gasteiger partial charge on any atom is 0.341 e. The molecule has 1 N–H and O–H groups in total. The summed E-state index contributed by atoms with van der Waals surface area (Å²) in [5.74, 6) is 0.643. The summed E-state index contributed by atoms with van der Waals surface area (Å²) in [6, 6.07) is 6.53. The van der Waals surface area contributed by atoms with Gasteiger partial charge in [0.15, 0.2) is 11.5 Å². The lowest BCUT2D eigenvalue weighted by atomic mass is 10.1. The van der Waals surface area contributed by atoms with Crippen molar-refractivity contribution in [2.24, 2.45) is 0 Å². The van der Waals surface area contributed by atoms with Crippen LogP contribution in [0.15, 0.2) is 28.7 Å². The van der Waals surface area contributed by atoms with Crippen LogP contribution in [-0.2, 0) is 16.0 Å². The van der Waals surface area contributed by atoms with Crippen molar-refractivity contribution in [1.29, 1.82) is 0 Å². The number of esters is 1. The second kappa shape index (κ2) is 11.1. The molecular formula is C21H23BrClNO6. The molecule has 0 heterocycles. The van der Waals surface area contributed by atoms with E-state index in [1.165, 1.54) is 19.2 Å². The van der Waals surface area contributed by atoms with Crippen LogP contribution >= 0.6 is 27.5 Å². The van der Waals surface area contributed by atoms with Crippen LogP contribution in [0.3, 0.4) is 0 Å². The number of anilines is 1. The third kappa shape index (κ3) is 5.79. The Hall–Kier alpha value is -2.45. The van der Waals surface area contributed by atoms with E-state index in [1.807, 2.05) is 6.07 Å². The van der Waals surface area contributed by atoms with Gasteiger partial charge in [0.05, 0.1) is 38.6 Å². The normalized spacial score (nSPS) is 10.3. The van der Waals surface area contributed by atoms with E-state index < -0.39 is 5.97 Å². The van der Waals surface area contributed by atoms with E-state index in [0.29, 0.717) is 23.6 Å². The van der Waals surface area contributed by atoms with Gasteiger partial charge in [-0.05, 0) is 37.1 Å². The highest BCUT2D eigenvalue weighted by Gasteiger charge is 2.18. The molecule has 0 fully saturated rings. The van der Waals surface area contributed by atoms with Crippen molar-refractivity contribution in [3.63, 3.8) is 0 Å². The van der Waals surface area contributed by atoms with Crippen molar-refractivity contribution in [1.82, 2.24) is 0 Å². The Bertz CT molecular complexity index is 934. The molecule has 0 aliphatic heterocycles. The van der Waals surface area contributed by atoms with Crippen molar-refractivity contribution in [3.8, 4) is 17.2 Å². The van der Waals surface area contributed by atoms with Gasteiger partial charge in [-0.3, -0.25) is 4.79 Å². The molecule has 2 aromatic rings. The van der Waals surface area contributed by atoms with Gasteiger partial charge >= 0.3 is 5.97 Å². The number of methoxy groups -OCH3 is 3. The molecule has 0 saturated carbocycles. The minimum Gasteiger partial charge on any atom is -0.496 e. The molecule has 0 unspecified atom stereocenters. The first-order valence-corrected chi connectivity index (χ1v) is 10.3. The fraction of sp³-hybridized carbons (Fsp3) is 0.333. The molecule has 0 aliphatic carbocycles. The summed E-state index contributed by atoms with van der Waals surface area (Å²) in [5, 5.41) is 2.96. The van der Waals surface area contributed by atoms with Gasteiger partial charge in [0.2, 0.25) is 5.91 Å². The summed E-state index contributed by atoms with van der Waals surface area (Å²) in [4.78, 5) is 24.5. The van der Waals surface area contributed by atoms with E-state index in [2.05, 4.69) is 21.2 Å². The van der Waals surface area contributed by atoms with Crippen LogP contribution in [-0.4, -0.2) is 39.8 Å². The molecule has 7 nitrogen and oxygen atoms in total. The maximum atomic E-state index is 12.5. The Balaban J connectivity index is 2.12. The number of ether oxygens (including phenoxy) is 4. The molecule has 2 aromatic carbocycles. The summed E-state index contributed by atoms with van der Waals surface area (Å²) in [6.45, 7) is 1.93. The molecule has 162 valence electrons. The lowest BCUT2D eigenvalue weighted by molar-refractivity contribution is -0.116. The van der Waals surface area contributed by atoms with Gasteiger partial charge in [-0.25, -0.2) is 4.79 Å². The molecule has 0 aromatic heterocycles. The number of carbonyl (C=O) groups is 2. The summed E-state index contributed by atoms with van der Waals surface area (Å²) >= 11 is 9.73. The molecule has 9 heteroatoms. The zero-order valence-electron chi connectivity index (χ0n) is 17.1. The number of amides is 1. The van der Waals surface area contributed by atoms with Crippen LogP contribution in [0.2, 0.25) is 5.02 Å². The van der Waals surface area contributed by atoms with Crippen LogP contribution in [0.25, 0.3) is 0 Å². The van der Waals surface area contributed by atoms with E-state index in [-0.39, 0.29) is 35.3 Å². The van der Waals surface area contributed by atoms with E-state index in [4.69, 9.17) is 30.5 Å². The van der Waals surface area contributed by atoms with Gasteiger partial charge in [0.1, 0.15) is 11.3 Å². The summed E-state index contributed by atoms with van der Waals surface area (Å²) in [6.07, 6.45) is 0.661. The fourth-order valence-corrected chi connectivity index (χ4v) is 3.47. The highest BCUT2D eigenvalue weighted by molar-refractivity contribution is 9.10. The van der Waals surface area contributed by atoms with Gasteiger partial charge in [-0.2, -0.15) is 0 Å². The third-order valence-corrected chi connectivity index (χ3v) is 5.28. The molecule has 0 saturated heterocycles.